The maximum Gasteiger partial charge on any atom is 0.0323 e. The Morgan fingerprint density at radius 1 is 1.41 bits per heavy atom. The van der Waals surface area contributed by atoms with Crippen LogP contribution < -0.4 is 5.32 Å². The van der Waals surface area contributed by atoms with E-state index < -0.39 is 0 Å². The van der Waals surface area contributed by atoms with E-state index in [1.807, 2.05) is 0 Å². The van der Waals surface area contributed by atoms with E-state index in [0.29, 0.717) is 12.1 Å². The van der Waals surface area contributed by atoms with Crippen LogP contribution in [0.2, 0.25) is 0 Å². The molecule has 1 heterocycles. The summed E-state index contributed by atoms with van der Waals surface area (Å²) in [5.41, 5.74) is 1.43. The molecule has 1 fully saturated rings. The molecule has 1 aromatic rings. The first kappa shape index (κ1) is 13.3. The maximum atomic E-state index is 3.46. The minimum atomic E-state index is 0.516. The average Bonchev–Trinajstić information content (AvgIpc) is 2.84. The summed E-state index contributed by atoms with van der Waals surface area (Å²) < 4.78 is 1.31. The van der Waals surface area contributed by atoms with Gasteiger partial charge in [-0.3, -0.25) is 4.90 Å². The highest BCUT2D eigenvalue weighted by Crippen LogP contribution is 2.25. The smallest absolute Gasteiger partial charge is 0.0323 e. The maximum absolute atomic E-state index is 3.46. The number of halogens is 1. The molecule has 1 aromatic carbocycles. The Labute approximate surface area is 118 Å². The summed E-state index contributed by atoms with van der Waals surface area (Å²) in [6, 6.07) is 10.1. The van der Waals surface area contributed by atoms with E-state index in [4.69, 9.17) is 0 Å². The van der Waals surface area contributed by atoms with Crippen LogP contribution in [-0.4, -0.2) is 30.6 Å². The van der Waals surface area contributed by atoms with Crippen LogP contribution >= 0.6 is 22.6 Å². The molecule has 1 N–H and O–H groups in total. The second-order valence-corrected chi connectivity index (χ2v) is 5.95. The lowest BCUT2D eigenvalue weighted by atomic mass is 10.0. The zero-order valence-electron chi connectivity index (χ0n) is 10.6. The van der Waals surface area contributed by atoms with Crippen LogP contribution in [0.4, 0.5) is 0 Å². The van der Waals surface area contributed by atoms with Gasteiger partial charge in [0, 0.05) is 22.2 Å². The summed E-state index contributed by atoms with van der Waals surface area (Å²) >= 11 is 2.36. The van der Waals surface area contributed by atoms with Gasteiger partial charge in [0.25, 0.3) is 0 Å². The Morgan fingerprint density at radius 3 is 2.65 bits per heavy atom. The quantitative estimate of drug-likeness (QED) is 0.845. The molecule has 0 aliphatic carbocycles. The lowest BCUT2D eigenvalue weighted by Crippen LogP contribution is -2.38. The molecule has 0 spiro atoms. The van der Waals surface area contributed by atoms with Crippen molar-refractivity contribution >= 4 is 22.6 Å². The van der Waals surface area contributed by atoms with Crippen LogP contribution in [0.3, 0.4) is 0 Å². The van der Waals surface area contributed by atoms with E-state index in [9.17, 15) is 0 Å². The third-order valence-electron chi connectivity index (χ3n) is 3.72. The van der Waals surface area contributed by atoms with Crippen molar-refractivity contribution in [3.05, 3.63) is 33.4 Å². The molecular formula is C14H21IN2. The number of nitrogens with one attached hydrogen (secondary N) is 1. The summed E-state index contributed by atoms with van der Waals surface area (Å²) in [7, 11) is 0. The number of likely N-dealkylation sites (N-methyl/N-ethyl adjacent to an activating group) is 1. The Hall–Kier alpha value is -0.130. The average molecular weight is 344 g/mol. The van der Waals surface area contributed by atoms with Crippen molar-refractivity contribution in [3.8, 4) is 0 Å². The first-order chi connectivity index (χ1) is 8.22. The van der Waals surface area contributed by atoms with Crippen molar-refractivity contribution in [1.29, 1.82) is 0 Å². The Morgan fingerprint density at radius 2 is 2.12 bits per heavy atom. The number of nitrogens with zero attached hydrogens (tertiary/aromatic N) is 1. The van der Waals surface area contributed by atoms with E-state index in [1.54, 1.807) is 0 Å². The topological polar surface area (TPSA) is 15.3 Å². The van der Waals surface area contributed by atoms with Crippen molar-refractivity contribution in [2.24, 2.45) is 0 Å². The molecule has 17 heavy (non-hydrogen) atoms. The highest BCUT2D eigenvalue weighted by atomic mass is 127. The van der Waals surface area contributed by atoms with Crippen molar-refractivity contribution in [2.75, 3.05) is 19.6 Å². The van der Waals surface area contributed by atoms with Gasteiger partial charge in [-0.1, -0.05) is 19.1 Å². The first-order valence-electron chi connectivity index (χ1n) is 6.44. The van der Waals surface area contributed by atoms with E-state index in [1.165, 1.54) is 22.1 Å². The molecule has 2 atom stereocenters. The van der Waals surface area contributed by atoms with Crippen molar-refractivity contribution in [3.63, 3.8) is 0 Å². The highest BCUT2D eigenvalue weighted by Gasteiger charge is 2.25. The Bertz CT molecular complexity index is 344. The summed E-state index contributed by atoms with van der Waals surface area (Å²) in [5, 5.41) is 3.46. The van der Waals surface area contributed by atoms with E-state index >= 15 is 0 Å². The Balaban J connectivity index is 2.10. The van der Waals surface area contributed by atoms with E-state index in [0.717, 1.165) is 13.1 Å². The van der Waals surface area contributed by atoms with Gasteiger partial charge in [-0.25, -0.2) is 0 Å². The fourth-order valence-electron chi connectivity index (χ4n) is 2.70. The molecule has 0 aromatic heterocycles. The largest absolute Gasteiger partial charge is 0.315 e. The fourth-order valence-corrected chi connectivity index (χ4v) is 3.06. The number of hydrogen-bond donors (Lipinski definition) is 1. The summed E-state index contributed by atoms with van der Waals surface area (Å²) in [6.45, 7) is 8.02. The minimum Gasteiger partial charge on any atom is -0.315 e. The highest BCUT2D eigenvalue weighted by molar-refractivity contribution is 14.1. The van der Waals surface area contributed by atoms with Crippen LogP contribution in [0.15, 0.2) is 24.3 Å². The van der Waals surface area contributed by atoms with Gasteiger partial charge >= 0.3 is 0 Å². The molecule has 3 heteroatoms. The normalized spacial score (nSPS) is 22.0. The van der Waals surface area contributed by atoms with Crippen LogP contribution in [0.5, 0.6) is 0 Å². The summed E-state index contributed by atoms with van der Waals surface area (Å²) in [5.74, 6) is 0. The monoisotopic (exact) mass is 344 g/mol. The van der Waals surface area contributed by atoms with Crippen molar-refractivity contribution in [1.82, 2.24) is 10.2 Å². The van der Waals surface area contributed by atoms with Gasteiger partial charge in [0.05, 0.1) is 0 Å². The minimum absolute atomic E-state index is 0.516. The second-order valence-electron chi connectivity index (χ2n) is 4.70. The third kappa shape index (κ3) is 3.20. The summed E-state index contributed by atoms with van der Waals surface area (Å²) in [4.78, 5) is 2.61. The fraction of sp³-hybridized carbons (Fsp3) is 0.571. The molecule has 0 saturated carbocycles. The number of rotatable bonds is 4. The van der Waals surface area contributed by atoms with Crippen LogP contribution in [0.1, 0.15) is 31.9 Å². The van der Waals surface area contributed by atoms with Gasteiger partial charge in [0.2, 0.25) is 0 Å². The van der Waals surface area contributed by atoms with Crippen LogP contribution in [-0.2, 0) is 0 Å². The molecule has 2 nitrogen and oxygen atoms in total. The van der Waals surface area contributed by atoms with E-state index in [-0.39, 0.29) is 0 Å². The van der Waals surface area contributed by atoms with Gasteiger partial charge in [0.1, 0.15) is 0 Å². The second kappa shape index (κ2) is 6.16. The molecule has 2 unspecified atom stereocenters. The molecule has 1 aliphatic heterocycles. The SMILES string of the molecule is CCN(C1CCNC1)C(C)c1ccc(I)cc1. The zero-order chi connectivity index (χ0) is 12.3. The number of benzene rings is 1. The van der Waals surface area contributed by atoms with Gasteiger partial charge in [-0.15, -0.1) is 0 Å². The lowest BCUT2D eigenvalue weighted by Gasteiger charge is -2.33. The lowest BCUT2D eigenvalue weighted by molar-refractivity contribution is 0.162. The van der Waals surface area contributed by atoms with Crippen LogP contribution in [0.25, 0.3) is 0 Å². The Kier molecular flexibility index (Phi) is 4.82. The third-order valence-corrected chi connectivity index (χ3v) is 4.44. The van der Waals surface area contributed by atoms with Gasteiger partial charge in [0.15, 0.2) is 0 Å². The predicted octanol–water partition coefficient (Wildman–Crippen LogP) is 3.04. The van der Waals surface area contributed by atoms with Crippen LogP contribution in [0, 0.1) is 3.57 Å². The van der Waals surface area contributed by atoms with Gasteiger partial charge in [-0.05, 0) is 66.7 Å². The van der Waals surface area contributed by atoms with Crippen molar-refractivity contribution < 1.29 is 0 Å². The molecule has 2 rings (SSSR count). The molecule has 0 radical (unpaired) electrons. The van der Waals surface area contributed by atoms with Gasteiger partial charge in [-0.2, -0.15) is 0 Å². The zero-order valence-corrected chi connectivity index (χ0v) is 12.8. The molecule has 1 aliphatic rings. The molecule has 0 amide bonds. The van der Waals surface area contributed by atoms with E-state index in [2.05, 4.69) is 70.9 Å². The standard InChI is InChI=1S/C14H21IN2/c1-3-17(14-8-9-16-10-14)11(2)12-4-6-13(15)7-5-12/h4-7,11,14,16H,3,8-10H2,1-2H3. The predicted molar refractivity (Wildman–Crippen MR) is 81.2 cm³/mol. The summed E-state index contributed by atoms with van der Waals surface area (Å²) in [6.07, 6.45) is 1.28. The number of hydrogen-bond acceptors (Lipinski definition) is 2. The molecule has 1 saturated heterocycles. The van der Waals surface area contributed by atoms with Crippen molar-refractivity contribution in [2.45, 2.75) is 32.4 Å². The molecule has 0 bridgehead atoms. The molecular weight excluding hydrogens is 323 g/mol. The van der Waals surface area contributed by atoms with Gasteiger partial charge < -0.3 is 5.32 Å². The first-order valence-corrected chi connectivity index (χ1v) is 7.52. The molecule has 94 valence electrons.